The van der Waals surface area contributed by atoms with Crippen molar-refractivity contribution < 1.29 is 47.5 Å². The predicted molar refractivity (Wildman–Crippen MR) is 113 cm³/mol. The topological polar surface area (TPSA) is 116 Å². The minimum Gasteiger partial charge on any atom is -0.496 e. The smallest absolute Gasteiger partial charge is 0.303 e. The molecule has 0 spiro atoms. The number of rotatable bonds is 7. The maximum absolute atomic E-state index is 12.2. The van der Waals surface area contributed by atoms with Gasteiger partial charge in [-0.2, -0.15) is 0 Å². The van der Waals surface area contributed by atoms with E-state index in [-0.39, 0.29) is 12.2 Å². The van der Waals surface area contributed by atoms with Crippen LogP contribution in [0.4, 0.5) is 0 Å². The molecular weight excluding hydrogens is 436 g/mol. The first-order chi connectivity index (χ1) is 15.6. The second kappa shape index (κ2) is 10.5. The molecule has 10 heteroatoms. The summed E-state index contributed by atoms with van der Waals surface area (Å²) < 4.78 is 39.8. The van der Waals surface area contributed by atoms with Crippen LogP contribution in [0.3, 0.4) is 0 Å². The molecule has 1 aromatic carbocycles. The lowest BCUT2D eigenvalue weighted by molar-refractivity contribution is -0.309. The normalized spacial score (nSPS) is 28.9. The zero-order valence-corrected chi connectivity index (χ0v) is 19.6. The van der Waals surface area contributed by atoms with Crippen LogP contribution in [-0.2, 0) is 44.5 Å². The van der Waals surface area contributed by atoms with E-state index in [9.17, 15) is 14.4 Å². The lowest BCUT2D eigenvalue weighted by atomic mass is 9.94. The van der Waals surface area contributed by atoms with E-state index in [2.05, 4.69) is 0 Å². The zero-order valence-electron chi connectivity index (χ0n) is 19.6. The van der Waals surface area contributed by atoms with Crippen LogP contribution in [0.1, 0.15) is 51.5 Å². The molecule has 0 saturated carbocycles. The molecule has 0 radical (unpaired) electrons. The van der Waals surface area contributed by atoms with Crippen LogP contribution in [0, 0.1) is 0 Å². The van der Waals surface area contributed by atoms with E-state index in [0.717, 1.165) is 5.56 Å². The standard InChI is InChI=1S/C23H30O10/c1-11(24)18-9-15-16(27-5)7-8-17(28-6)21(15)23(32-18)33-20-10-19(30-13(3)25)22(12(2)29-20)31-14(4)26/h7-8,12,18-20,22-23H,9-10H2,1-6H3/t12-,18+,19-,20+,22+,23-/m0/s1. The lowest BCUT2D eigenvalue weighted by Crippen LogP contribution is -2.51. The second-order valence-electron chi connectivity index (χ2n) is 8.00. The quantitative estimate of drug-likeness (QED) is 0.554. The summed E-state index contributed by atoms with van der Waals surface area (Å²) in [6, 6.07) is 3.49. The van der Waals surface area contributed by atoms with E-state index in [1.807, 2.05) is 0 Å². The highest BCUT2D eigenvalue weighted by atomic mass is 16.8. The third kappa shape index (κ3) is 5.63. The van der Waals surface area contributed by atoms with Gasteiger partial charge in [-0.05, 0) is 26.0 Å². The van der Waals surface area contributed by atoms with Gasteiger partial charge in [-0.15, -0.1) is 0 Å². The molecule has 2 aliphatic rings. The minimum absolute atomic E-state index is 0.0914. The Morgan fingerprint density at radius 2 is 1.58 bits per heavy atom. The number of methoxy groups -OCH3 is 2. The van der Waals surface area contributed by atoms with Crippen molar-refractivity contribution >= 4 is 17.7 Å². The van der Waals surface area contributed by atoms with Gasteiger partial charge in [0.1, 0.15) is 23.7 Å². The molecule has 2 aliphatic heterocycles. The number of ether oxygens (including phenoxy) is 7. The number of benzene rings is 1. The summed E-state index contributed by atoms with van der Waals surface area (Å²) in [6.45, 7) is 5.68. The zero-order chi connectivity index (χ0) is 24.3. The van der Waals surface area contributed by atoms with Gasteiger partial charge in [0, 0.05) is 32.3 Å². The number of carbonyl (C=O) groups is 3. The maximum Gasteiger partial charge on any atom is 0.303 e. The molecule has 33 heavy (non-hydrogen) atoms. The van der Waals surface area contributed by atoms with Crippen LogP contribution >= 0.6 is 0 Å². The van der Waals surface area contributed by atoms with Crippen molar-refractivity contribution in [2.45, 2.75) is 77.5 Å². The molecule has 1 fully saturated rings. The van der Waals surface area contributed by atoms with Gasteiger partial charge in [0.05, 0.1) is 25.9 Å². The molecule has 1 aromatic rings. The Bertz CT molecular complexity index is 897. The Hall–Kier alpha value is -2.69. The van der Waals surface area contributed by atoms with Gasteiger partial charge in [-0.25, -0.2) is 0 Å². The third-order valence-corrected chi connectivity index (χ3v) is 5.60. The van der Waals surface area contributed by atoms with Gasteiger partial charge in [-0.1, -0.05) is 0 Å². The Kier molecular flexibility index (Phi) is 7.93. The molecule has 3 rings (SSSR count). The summed E-state index contributed by atoms with van der Waals surface area (Å²) in [7, 11) is 3.07. The summed E-state index contributed by atoms with van der Waals surface area (Å²) in [6.07, 6.45) is -4.43. The fraction of sp³-hybridized carbons (Fsp3) is 0.609. The fourth-order valence-corrected chi connectivity index (χ4v) is 4.17. The van der Waals surface area contributed by atoms with Gasteiger partial charge in [0.25, 0.3) is 0 Å². The van der Waals surface area contributed by atoms with Crippen LogP contribution < -0.4 is 9.47 Å². The van der Waals surface area contributed by atoms with Gasteiger partial charge in [0.2, 0.25) is 0 Å². The monoisotopic (exact) mass is 466 g/mol. The molecule has 10 nitrogen and oxygen atoms in total. The summed E-state index contributed by atoms with van der Waals surface area (Å²) in [5, 5.41) is 0. The summed E-state index contributed by atoms with van der Waals surface area (Å²) in [5.74, 6) is -0.106. The highest BCUT2D eigenvalue weighted by molar-refractivity contribution is 5.81. The summed E-state index contributed by atoms with van der Waals surface area (Å²) >= 11 is 0. The van der Waals surface area contributed by atoms with E-state index >= 15 is 0 Å². The largest absolute Gasteiger partial charge is 0.496 e. The van der Waals surface area contributed by atoms with Crippen LogP contribution in [0.25, 0.3) is 0 Å². The number of Topliss-reactive ketones (excluding diaryl/α,β-unsaturated/α-hetero) is 1. The molecule has 0 amide bonds. The summed E-state index contributed by atoms with van der Waals surface area (Å²) in [5.41, 5.74) is 1.34. The Morgan fingerprint density at radius 1 is 0.939 bits per heavy atom. The molecule has 0 unspecified atom stereocenters. The Labute approximate surface area is 192 Å². The van der Waals surface area contributed by atoms with Crippen LogP contribution in [0.5, 0.6) is 11.5 Å². The minimum atomic E-state index is -1.01. The van der Waals surface area contributed by atoms with Crippen LogP contribution in [-0.4, -0.2) is 62.6 Å². The highest BCUT2D eigenvalue weighted by Crippen LogP contribution is 2.43. The Morgan fingerprint density at radius 3 is 2.15 bits per heavy atom. The predicted octanol–water partition coefficient (Wildman–Crippen LogP) is 2.25. The van der Waals surface area contributed by atoms with E-state index in [0.29, 0.717) is 23.5 Å². The number of ketones is 1. The average Bonchev–Trinajstić information content (AvgIpc) is 2.74. The van der Waals surface area contributed by atoms with E-state index in [1.165, 1.54) is 27.9 Å². The molecule has 6 atom stereocenters. The number of carbonyl (C=O) groups excluding carboxylic acids is 3. The van der Waals surface area contributed by atoms with Crippen molar-refractivity contribution in [1.29, 1.82) is 0 Å². The van der Waals surface area contributed by atoms with Crippen molar-refractivity contribution in [3.8, 4) is 11.5 Å². The van der Waals surface area contributed by atoms with Crippen molar-refractivity contribution in [1.82, 2.24) is 0 Å². The second-order valence-corrected chi connectivity index (χ2v) is 8.00. The van der Waals surface area contributed by atoms with Crippen molar-refractivity contribution in [3.63, 3.8) is 0 Å². The molecule has 1 saturated heterocycles. The van der Waals surface area contributed by atoms with Gasteiger partial charge < -0.3 is 33.2 Å². The van der Waals surface area contributed by atoms with Gasteiger partial charge in [0.15, 0.2) is 24.5 Å². The van der Waals surface area contributed by atoms with Crippen molar-refractivity contribution in [2.24, 2.45) is 0 Å². The number of hydrogen-bond donors (Lipinski definition) is 0. The number of esters is 2. The molecule has 0 bridgehead atoms. The molecule has 0 N–H and O–H groups in total. The third-order valence-electron chi connectivity index (χ3n) is 5.60. The Balaban J connectivity index is 1.91. The molecular formula is C23H30O10. The fourth-order valence-electron chi connectivity index (χ4n) is 4.17. The number of hydrogen-bond acceptors (Lipinski definition) is 10. The van der Waals surface area contributed by atoms with E-state index in [4.69, 9.17) is 33.2 Å². The van der Waals surface area contributed by atoms with Crippen LogP contribution in [0.2, 0.25) is 0 Å². The molecule has 0 aliphatic carbocycles. The molecule has 0 aromatic heterocycles. The van der Waals surface area contributed by atoms with Gasteiger partial charge in [-0.3, -0.25) is 14.4 Å². The van der Waals surface area contributed by atoms with Crippen molar-refractivity contribution in [2.75, 3.05) is 14.2 Å². The average molecular weight is 466 g/mol. The highest BCUT2D eigenvalue weighted by Gasteiger charge is 2.44. The first kappa shape index (κ1) is 24.9. The first-order valence-corrected chi connectivity index (χ1v) is 10.7. The first-order valence-electron chi connectivity index (χ1n) is 10.7. The molecule has 2 heterocycles. The summed E-state index contributed by atoms with van der Waals surface area (Å²) in [4.78, 5) is 35.4. The van der Waals surface area contributed by atoms with E-state index < -0.39 is 48.9 Å². The maximum atomic E-state index is 12.2. The van der Waals surface area contributed by atoms with Gasteiger partial charge >= 0.3 is 11.9 Å². The van der Waals surface area contributed by atoms with Crippen molar-refractivity contribution in [3.05, 3.63) is 23.3 Å². The molecule has 182 valence electrons. The lowest BCUT2D eigenvalue weighted by Gasteiger charge is -2.41. The van der Waals surface area contributed by atoms with Crippen LogP contribution in [0.15, 0.2) is 12.1 Å². The van der Waals surface area contributed by atoms with E-state index in [1.54, 1.807) is 26.2 Å². The number of fused-ring (bicyclic) bond motifs is 1. The SMILES string of the molecule is COc1ccc(OC)c2c1C[C@H](C(C)=O)O[C@H]2O[C@@H]1C[C@H](OC(C)=O)[C@H](OC(C)=O)[C@H](C)O1.